The predicted octanol–water partition coefficient (Wildman–Crippen LogP) is 5.23. The summed E-state index contributed by atoms with van der Waals surface area (Å²) in [4.78, 5) is 33.0. The van der Waals surface area contributed by atoms with E-state index in [1.165, 1.54) is 11.3 Å². The second kappa shape index (κ2) is 10.1. The number of rotatable bonds is 7. The van der Waals surface area contributed by atoms with Gasteiger partial charge in [-0.2, -0.15) is 0 Å². The van der Waals surface area contributed by atoms with Gasteiger partial charge in [-0.15, -0.1) is 0 Å². The molecule has 0 atom stereocenters. The van der Waals surface area contributed by atoms with Crippen molar-refractivity contribution in [3.8, 4) is 0 Å². The maximum atomic E-state index is 13.0. The van der Waals surface area contributed by atoms with Crippen molar-refractivity contribution < 1.29 is 9.59 Å². The van der Waals surface area contributed by atoms with Crippen molar-refractivity contribution in [3.05, 3.63) is 82.4 Å². The summed E-state index contributed by atoms with van der Waals surface area (Å²) in [6.07, 6.45) is 1.65. The van der Waals surface area contributed by atoms with Gasteiger partial charge in [-0.25, -0.2) is 4.98 Å². The molecular formula is C26H29N3O2S. The van der Waals surface area contributed by atoms with Gasteiger partial charge in [-0.3, -0.25) is 9.59 Å². The van der Waals surface area contributed by atoms with E-state index in [1.807, 2.05) is 41.3 Å². The lowest BCUT2D eigenvalue weighted by Crippen LogP contribution is -2.36. The molecule has 6 heteroatoms. The number of anilines is 1. The Hall–Kier alpha value is -2.99. The second-order valence-electron chi connectivity index (χ2n) is 8.68. The minimum atomic E-state index is -0.0541. The average Bonchev–Trinajstić information content (AvgIpc) is 3.19. The Morgan fingerprint density at radius 3 is 2.22 bits per heavy atom. The van der Waals surface area contributed by atoms with Crippen LogP contribution in [0.3, 0.4) is 0 Å². The molecular weight excluding hydrogens is 418 g/mol. The van der Waals surface area contributed by atoms with Crippen LogP contribution >= 0.6 is 11.3 Å². The third-order valence-corrected chi connectivity index (χ3v) is 6.70. The maximum Gasteiger partial charge on any atom is 0.227 e. The molecule has 0 saturated carbocycles. The van der Waals surface area contributed by atoms with Crippen LogP contribution in [0.5, 0.6) is 0 Å². The first-order chi connectivity index (χ1) is 15.5. The summed E-state index contributed by atoms with van der Waals surface area (Å²) in [7, 11) is 0. The number of hydrogen-bond donors (Lipinski definition) is 1. The minimum Gasteiger partial charge on any atom is -0.337 e. The molecule has 1 N–H and O–H groups in total. The van der Waals surface area contributed by atoms with Gasteiger partial charge in [0.25, 0.3) is 0 Å². The van der Waals surface area contributed by atoms with E-state index < -0.39 is 0 Å². The van der Waals surface area contributed by atoms with Gasteiger partial charge in [0.2, 0.25) is 11.8 Å². The number of amides is 2. The molecule has 32 heavy (non-hydrogen) atoms. The molecule has 2 amide bonds. The Morgan fingerprint density at radius 1 is 1.00 bits per heavy atom. The fraction of sp³-hybridized carbons (Fsp3) is 0.346. The molecule has 0 bridgehead atoms. The summed E-state index contributed by atoms with van der Waals surface area (Å²) in [6, 6.07) is 20.3. The summed E-state index contributed by atoms with van der Waals surface area (Å²) >= 11 is 1.49. The Morgan fingerprint density at radius 2 is 1.62 bits per heavy atom. The molecule has 2 aromatic carbocycles. The number of nitrogens with zero attached hydrogens (tertiary/aromatic N) is 2. The molecule has 0 saturated heterocycles. The van der Waals surface area contributed by atoms with Crippen LogP contribution in [0, 0.1) is 5.92 Å². The lowest BCUT2D eigenvalue weighted by Gasteiger charge is -2.26. The zero-order chi connectivity index (χ0) is 22.5. The largest absolute Gasteiger partial charge is 0.337 e. The number of hydrogen-bond acceptors (Lipinski definition) is 4. The van der Waals surface area contributed by atoms with Crippen molar-refractivity contribution in [2.45, 2.75) is 45.6 Å². The highest BCUT2D eigenvalue weighted by atomic mass is 32.1. The van der Waals surface area contributed by atoms with E-state index >= 15 is 0 Å². The number of thiazole rings is 1. The van der Waals surface area contributed by atoms with E-state index in [-0.39, 0.29) is 17.7 Å². The molecule has 5 nitrogen and oxygen atoms in total. The van der Waals surface area contributed by atoms with Gasteiger partial charge < -0.3 is 10.2 Å². The Labute approximate surface area is 193 Å². The first-order valence-corrected chi connectivity index (χ1v) is 12.0. The van der Waals surface area contributed by atoms with Crippen LogP contribution in [0.25, 0.3) is 0 Å². The summed E-state index contributed by atoms with van der Waals surface area (Å²) in [5.74, 6) is 0.471. The fourth-order valence-electron chi connectivity index (χ4n) is 4.09. The number of nitrogens with one attached hydrogen (secondary N) is 1. The molecule has 166 valence electrons. The van der Waals surface area contributed by atoms with Gasteiger partial charge in [-0.1, -0.05) is 85.8 Å². The molecule has 0 radical (unpaired) electrons. The monoisotopic (exact) mass is 447 g/mol. The molecule has 0 fully saturated rings. The molecule has 4 rings (SSSR count). The Bertz CT molecular complexity index is 1020. The predicted molar refractivity (Wildman–Crippen MR) is 129 cm³/mol. The lowest BCUT2D eigenvalue weighted by molar-refractivity contribution is -0.132. The third kappa shape index (κ3) is 5.43. The SMILES string of the molecule is CC(C)CC(=O)N1CCc2nc(NC(=O)CC(c3ccccc3)c3ccccc3)sc2C1. The van der Waals surface area contributed by atoms with Crippen LogP contribution in [0.2, 0.25) is 0 Å². The van der Waals surface area contributed by atoms with Crippen molar-refractivity contribution >= 4 is 28.3 Å². The quantitative estimate of drug-likeness (QED) is 0.539. The molecule has 1 aliphatic rings. The molecule has 0 aliphatic carbocycles. The molecule has 0 unspecified atom stereocenters. The van der Waals surface area contributed by atoms with Crippen molar-refractivity contribution in [1.29, 1.82) is 0 Å². The van der Waals surface area contributed by atoms with E-state index in [0.717, 1.165) is 28.1 Å². The number of benzene rings is 2. The van der Waals surface area contributed by atoms with E-state index in [1.54, 1.807) is 0 Å². The summed E-state index contributed by atoms with van der Waals surface area (Å²) in [6.45, 7) is 5.41. The molecule has 3 aromatic rings. The molecule has 0 spiro atoms. The summed E-state index contributed by atoms with van der Waals surface area (Å²) < 4.78 is 0. The smallest absolute Gasteiger partial charge is 0.227 e. The van der Waals surface area contributed by atoms with Gasteiger partial charge in [0.05, 0.1) is 12.2 Å². The van der Waals surface area contributed by atoms with E-state index in [0.29, 0.717) is 37.0 Å². The van der Waals surface area contributed by atoms with Crippen molar-refractivity contribution in [3.63, 3.8) is 0 Å². The van der Waals surface area contributed by atoms with Crippen LogP contribution < -0.4 is 5.32 Å². The average molecular weight is 448 g/mol. The second-order valence-corrected chi connectivity index (χ2v) is 9.76. The van der Waals surface area contributed by atoms with E-state index in [9.17, 15) is 9.59 Å². The Balaban J connectivity index is 1.44. The zero-order valence-electron chi connectivity index (χ0n) is 18.6. The van der Waals surface area contributed by atoms with Gasteiger partial charge in [0.1, 0.15) is 0 Å². The number of carbonyl (C=O) groups excluding carboxylic acids is 2. The van der Waals surface area contributed by atoms with Gasteiger partial charge in [0, 0.05) is 36.6 Å². The van der Waals surface area contributed by atoms with Crippen molar-refractivity contribution in [2.75, 3.05) is 11.9 Å². The van der Waals surface area contributed by atoms with Crippen LogP contribution in [0.15, 0.2) is 60.7 Å². The molecule has 1 aliphatic heterocycles. The van der Waals surface area contributed by atoms with Gasteiger partial charge >= 0.3 is 0 Å². The van der Waals surface area contributed by atoms with Crippen LogP contribution in [-0.4, -0.2) is 28.2 Å². The first-order valence-electron chi connectivity index (χ1n) is 11.2. The number of aromatic nitrogens is 1. The topological polar surface area (TPSA) is 62.3 Å². The van der Waals surface area contributed by atoms with Gasteiger partial charge in [-0.05, 0) is 17.0 Å². The molecule has 2 heterocycles. The van der Waals surface area contributed by atoms with Gasteiger partial charge in [0.15, 0.2) is 5.13 Å². The highest BCUT2D eigenvalue weighted by Gasteiger charge is 2.25. The minimum absolute atomic E-state index is 0.0175. The standard InChI is InChI=1S/C26H29N3O2S/c1-18(2)15-25(31)29-14-13-22-23(17-29)32-26(27-22)28-24(30)16-21(19-9-5-3-6-10-19)20-11-7-4-8-12-20/h3-12,18,21H,13-17H2,1-2H3,(H,27,28,30). The van der Waals surface area contributed by atoms with Crippen LogP contribution in [-0.2, 0) is 22.6 Å². The number of fused-ring (bicyclic) bond motifs is 1. The normalized spacial score (nSPS) is 13.3. The number of carbonyl (C=O) groups is 2. The van der Waals surface area contributed by atoms with E-state index in [2.05, 4.69) is 48.4 Å². The highest BCUT2D eigenvalue weighted by Crippen LogP contribution is 2.31. The van der Waals surface area contributed by atoms with Crippen LogP contribution in [0.4, 0.5) is 5.13 Å². The maximum absolute atomic E-state index is 13.0. The fourth-order valence-corrected chi connectivity index (χ4v) is 5.13. The summed E-state index contributed by atoms with van der Waals surface area (Å²) in [5.41, 5.74) is 3.24. The lowest BCUT2D eigenvalue weighted by atomic mass is 9.88. The Kier molecular flexibility index (Phi) is 7.00. The van der Waals surface area contributed by atoms with Crippen molar-refractivity contribution in [2.24, 2.45) is 5.92 Å². The van der Waals surface area contributed by atoms with Crippen LogP contribution in [0.1, 0.15) is 54.3 Å². The highest BCUT2D eigenvalue weighted by molar-refractivity contribution is 7.15. The first kappa shape index (κ1) is 22.2. The zero-order valence-corrected chi connectivity index (χ0v) is 19.4. The molecule has 1 aromatic heterocycles. The van der Waals surface area contributed by atoms with Crippen molar-refractivity contribution in [1.82, 2.24) is 9.88 Å². The van der Waals surface area contributed by atoms with E-state index in [4.69, 9.17) is 0 Å². The summed E-state index contributed by atoms with van der Waals surface area (Å²) in [5, 5.41) is 3.63. The third-order valence-electron chi connectivity index (χ3n) is 5.71.